The Hall–Kier alpha value is -1.62. The number of nitrogens with zero attached hydrogens (tertiary/aromatic N) is 1. The van der Waals surface area contributed by atoms with E-state index in [0.29, 0.717) is 23.6 Å². The summed E-state index contributed by atoms with van der Waals surface area (Å²) in [6.07, 6.45) is 0.555. The van der Waals surface area contributed by atoms with E-state index in [4.69, 9.17) is 5.73 Å². The molecule has 0 unspecified atom stereocenters. The van der Waals surface area contributed by atoms with Gasteiger partial charge in [-0.3, -0.25) is 4.79 Å². The molecular weight excluding hydrogens is 282 g/mol. The molecule has 0 aliphatic heterocycles. The second kappa shape index (κ2) is 4.71. The number of halogens is 1. The number of hydrogen-bond acceptors (Lipinski definition) is 3. The van der Waals surface area contributed by atoms with Gasteiger partial charge < -0.3 is 10.7 Å². The lowest BCUT2D eigenvalue weighted by Gasteiger charge is -2.04. The lowest BCUT2D eigenvalue weighted by atomic mass is 10.1. The van der Waals surface area contributed by atoms with Gasteiger partial charge in [-0.05, 0) is 24.6 Å². The minimum absolute atomic E-state index is 0.178. The van der Waals surface area contributed by atoms with Crippen molar-refractivity contribution < 1.29 is 0 Å². The molecule has 0 fully saturated rings. The Morgan fingerprint density at radius 3 is 2.88 bits per heavy atom. The van der Waals surface area contributed by atoms with Crippen LogP contribution in [0.1, 0.15) is 17.0 Å². The van der Waals surface area contributed by atoms with Gasteiger partial charge in [-0.2, -0.15) is 0 Å². The fraction of sp³-hybridized carbons (Fsp3) is 0.167. The van der Waals surface area contributed by atoms with Gasteiger partial charge >= 0.3 is 0 Å². The average molecular weight is 294 g/mol. The second-order valence-electron chi connectivity index (χ2n) is 3.83. The van der Waals surface area contributed by atoms with Gasteiger partial charge in [0.1, 0.15) is 11.6 Å². The van der Waals surface area contributed by atoms with E-state index in [2.05, 4.69) is 25.9 Å². The lowest BCUT2D eigenvalue weighted by molar-refractivity contribution is 0.937. The molecule has 3 N–H and O–H groups in total. The van der Waals surface area contributed by atoms with Crippen LogP contribution in [0.4, 0.5) is 5.82 Å². The van der Waals surface area contributed by atoms with Gasteiger partial charge in [0.15, 0.2) is 0 Å². The van der Waals surface area contributed by atoms with Crippen molar-refractivity contribution in [1.29, 1.82) is 0 Å². The molecule has 5 heteroatoms. The van der Waals surface area contributed by atoms with Gasteiger partial charge in [0, 0.05) is 10.9 Å². The Bertz CT molecular complexity index is 607. The minimum Gasteiger partial charge on any atom is -0.383 e. The molecule has 0 atom stereocenters. The molecule has 1 heterocycles. The monoisotopic (exact) mass is 293 g/mol. The Labute approximate surface area is 107 Å². The summed E-state index contributed by atoms with van der Waals surface area (Å²) in [7, 11) is 0. The Morgan fingerprint density at radius 2 is 2.24 bits per heavy atom. The third kappa shape index (κ3) is 2.74. The number of nitrogens with one attached hydrogen (secondary N) is 1. The third-order valence-electron chi connectivity index (χ3n) is 2.50. The number of benzene rings is 1. The molecule has 0 aliphatic carbocycles. The van der Waals surface area contributed by atoms with Crippen LogP contribution in [-0.4, -0.2) is 9.97 Å². The zero-order chi connectivity index (χ0) is 12.4. The smallest absolute Gasteiger partial charge is 0.255 e. The van der Waals surface area contributed by atoms with Crippen LogP contribution in [0.5, 0.6) is 0 Å². The Balaban J connectivity index is 2.34. The maximum absolute atomic E-state index is 11.5. The first-order valence-corrected chi connectivity index (χ1v) is 5.95. The van der Waals surface area contributed by atoms with Crippen molar-refractivity contribution in [1.82, 2.24) is 9.97 Å². The van der Waals surface area contributed by atoms with E-state index in [9.17, 15) is 4.79 Å². The third-order valence-corrected chi connectivity index (χ3v) is 2.99. The number of hydrogen-bond donors (Lipinski definition) is 2. The number of nitrogens with two attached hydrogens (primary N) is 1. The van der Waals surface area contributed by atoms with Crippen molar-refractivity contribution in [2.75, 3.05) is 5.73 Å². The highest BCUT2D eigenvalue weighted by Crippen LogP contribution is 2.14. The first-order chi connectivity index (χ1) is 8.06. The van der Waals surface area contributed by atoms with Gasteiger partial charge in [0.05, 0.1) is 5.56 Å². The molecule has 2 aromatic rings. The van der Waals surface area contributed by atoms with Crippen molar-refractivity contribution in [3.63, 3.8) is 0 Å². The van der Waals surface area contributed by atoms with Gasteiger partial charge in [-0.25, -0.2) is 4.98 Å². The van der Waals surface area contributed by atoms with Crippen LogP contribution >= 0.6 is 15.9 Å². The standard InChI is InChI=1S/C12H12BrN3O/c1-7-11(14)15-10(16-12(7)17)6-8-3-2-4-9(13)5-8/h2-5H,6H2,1H3,(H3,14,15,16,17). The van der Waals surface area contributed by atoms with Crippen molar-refractivity contribution in [2.45, 2.75) is 13.3 Å². The van der Waals surface area contributed by atoms with Crippen LogP contribution < -0.4 is 11.3 Å². The first-order valence-electron chi connectivity index (χ1n) is 5.16. The highest BCUT2D eigenvalue weighted by atomic mass is 79.9. The first kappa shape index (κ1) is 11.9. The van der Waals surface area contributed by atoms with Crippen molar-refractivity contribution in [3.05, 3.63) is 56.0 Å². The summed E-state index contributed by atoms with van der Waals surface area (Å²) in [5, 5.41) is 0. The summed E-state index contributed by atoms with van der Waals surface area (Å²) in [5.41, 5.74) is 7.01. The van der Waals surface area contributed by atoms with Gasteiger partial charge in [-0.1, -0.05) is 28.1 Å². The van der Waals surface area contributed by atoms with E-state index in [1.807, 2.05) is 24.3 Å². The molecule has 1 aromatic heterocycles. The molecule has 17 heavy (non-hydrogen) atoms. The molecule has 0 amide bonds. The lowest BCUT2D eigenvalue weighted by Crippen LogP contribution is -2.17. The van der Waals surface area contributed by atoms with Crippen LogP contribution in [0.15, 0.2) is 33.5 Å². The van der Waals surface area contributed by atoms with E-state index in [1.165, 1.54) is 0 Å². The summed E-state index contributed by atoms with van der Waals surface area (Å²) >= 11 is 3.40. The van der Waals surface area contributed by atoms with Crippen LogP contribution in [0.3, 0.4) is 0 Å². The summed E-state index contributed by atoms with van der Waals surface area (Å²) in [6, 6.07) is 7.84. The van der Waals surface area contributed by atoms with Gasteiger partial charge in [0.2, 0.25) is 0 Å². The SMILES string of the molecule is Cc1c(N)nc(Cc2cccc(Br)c2)[nH]c1=O. The predicted molar refractivity (Wildman–Crippen MR) is 71.0 cm³/mol. The molecule has 0 spiro atoms. The van der Waals surface area contributed by atoms with Crippen molar-refractivity contribution >= 4 is 21.7 Å². The zero-order valence-corrected chi connectivity index (χ0v) is 10.9. The molecule has 1 aromatic carbocycles. The van der Waals surface area contributed by atoms with Crippen LogP contribution in [0.2, 0.25) is 0 Å². The topological polar surface area (TPSA) is 71.8 Å². The Morgan fingerprint density at radius 1 is 1.47 bits per heavy atom. The number of nitrogen functional groups attached to an aromatic ring is 1. The van der Waals surface area contributed by atoms with Crippen molar-refractivity contribution in [3.8, 4) is 0 Å². The number of anilines is 1. The number of rotatable bonds is 2. The number of H-pyrrole nitrogens is 1. The highest BCUT2D eigenvalue weighted by molar-refractivity contribution is 9.10. The maximum atomic E-state index is 11.5. The molecule has 4 nitrogen and oxygen atoms in total. The van der Waals surface area contributed by atoms with Gasteiger partial charge in [-0.15, -0.1) is 0 Å². The molecule has 88 valence electrons. The zero-order valence-electron chi connectivity index (χ0n) is 9.33. The molecular formula is C12H12BrN3O. The maximum Gasteiger partial charge on any atom is 0.255 e. The molecule has 0 bridgehead atoms. The largest absolute Gasteiger partial charge is 0.383 e. The van der Waals surface area contributed by atoms with Crippen LogP contribution in [0, 0.1) is 6.92 Å². The fourth-order valence-electron chi connectivity index (χ4n) is 1.52. The Kier molecular flexibility index (Phi) is 3.28. The van der Waals surface area contributed by atoms with Crippen LogP contribution in [-0.2, 0) is 6.42 Å². The number of aromatic amines is 1. The van der Waals surface area contributed by atoms with E-state index in [1.54, 1.807) is 6.92 Å². The quantitative estimate of drug-likeness (QED) is 0.890. The van der Waals surface area contributed by atoms with Crippen molar-refractivity contribution in [2.24, 2.45) is 0 Å². The number of aromatic nitrogens is 2. The summed E-state index contributed by atoms with van der Waals surface area (Å²) in [4.78, 5) is 18.4. The van der Waals surface area contributed by atoms with E-state index >= 15 is 0 Å². The van der Waals surface area contributed by atoms with Crippen LogP contribution in [0.25, 0.3) is 0 Å². The summed E-state index contributed by atoms with van der Waals surface area (Å²) in [5.74, 6) is 0.870. The molecule has 2 rings (SSSR count). The predicted octanol–water partition coefficient (Wildman–Crippen LogP) is 2.01. The second-order valence-corrected chi connectivity index (χ2v) is 4.75. The van der Waals surface area contributed by atoms with E-state index in [0.717, 1.165) is 10.0 Å². The molecule has 0 saturated heterocycles. The summed E-state index contributed by atoms with van der Waals surface area (Å²) in [6.45, 7) is 1.66. The molecule has 0 saturated carbocycles. The summed E-state index contributed by atoms with van der Waals surface area (Å²) < 4.78 is 0.998. The average Bonchev–Trinajstić information content (AvgIpc) is 2.26. The molecule has 0 radical (unpaired) electrons. The molecule has 0 aliphatic rings. The fourth-order valence-corrected chi connectivity index (χ4v) is 1.97. The normalized spacial score (nSPS) is 10.5. The van der Waals surface area contributed by atoms with E-state index < -0.39 is 0 Å². The highest BCUT2D eigenvalue weighted by Gasteiger charge is 2.05. The van der Waals surface area contributed by atoms with E-state index in [-0.39, 0.29) is 5.56 Å². The minimum atomic E-state index is -0.178. The van der Waals surface area contributed by atoms with Gasteiger partial charge in [0.25, 0.3) is 5.56 Å².